The maximum Gasteiger partial charge on any atom is 0.207 e. The van der Waals surface area contributed by atoms with E-state index in [-0.39, 0.29) is 19.6 Å². The first-order valence-corrected chi connectivity index (χ1v) is 21.1. The molecule has 2 heterocycles. The Morgan fingerprint density at radius 3 is 1.52 bits per heavy atom. The first kappa shape index (κ1) is 34.0. The number of sulfone groups is 3. The molecule has 0 atom stereocenters. The van der Waals surface area contributed by atoms with Gasteiger partial charge in [-0.25, -0.2) is 25.3 Å². The SMILES string of the molecule is Cc1ccc(S(=O)(=O)c2ccc3c(c2)S(=O)(=O)c2ccccc2C3)cc1.Cc1ccc(S(=O)(=O)c2ccc3c(c2)Sc2ccccc2C3)cc1. The number of rotatable bonds is 4. The number of benzene rings is 6. The first-order chi connectivity index (χ1) is 23.8. The van der Waals surface area contributed by atoms with Crippen LogP contribution in [0.3, 0.4) is 0 Å². The summed E-state index contributed by atoms with van der Waals surface area (Å²) in [6.45, 7) is 3.82. The standard InChI is InChI=1S/C20H16O4S2.C20H16O2S2/c1-14-6-9-17(10-7-14)25(21,22)18-11-8-16-12-15-4-2-3-5-19(15)26(23,24)20(16)13-18;1-14-6-9-17(10-7-14)24(21,22)18-11-8-16-12-15-4-2-3-5-19(15)23-20(16)13-18/h2-11,13H,12H2,1H3;2-11,13H,12H2,1H3. The predicted molar refractivity (Wildman–Crippen MR) is 194 cm³/mol. The van der Waals surface area contributed by atoms with Crippen LogP contribution in [-0.4, -0.2) is 25.3 Å². The molecule has 0 radical (unpaired) electrons. The Labute approximate surface area is 297 Å². The van der Waals surface area contributed by atoms with Crippen molar-refractivity contribution in [2.75, 3.05) is 0 Å². The number of hydrogen-bond donors (Lipinski definition) is 0. The maximum absolute atomic E-state index is 13.0. The zero-order valence-electron chi connectivity index (χ0n) is 27.2. The van der Waals surface area contributed by atoms with Gasteiger partial charge < -0.3 is 0 Å². The largest absolute Gasteiger partial charge is 0.219 e. The fraction of sp³-hybridized carbons (Fsp3) is 0.100. The minimum Gasteiger partial charge on any atom is -0.219 e. The summed E-state index contributed by atoms with van der Waals surface area (Å²) in [6, 6.07) is 38.5. The van der Waals surface area contributed by atoms with Crippen LogP contribution in [0.1, 0.15) is 33.4 Å². The summed E-state index contributed by atoms with van der Waals surface area (Å²) in [6.07, 6.45) is 1.32. The van der Waals surface area contributed by atoms with Crippen molar-refractivity contribution >= 4 is 41.3 Å². The molecular weight excluding hydrogens is 705 g/mol. The van der Waals surface area contributed by atoms with E-state index in [0.29, 0.717) is 21.8 Å². The lowest BCUT2D eigenvalue weighted by atomic mass is 10.0. The average Bonchev–Trinajstić information content (AvgIpc) is 3.11. The second-order valence-corrected chi connectivity index (χ2v) is 19.2. The summed E-state index contributed by atoms with van der Waals surface area (Å²) in [7, 11) is -11.0. The van der Waals surface area contributed by atoms with E-state index in [1.807, 2.05) is 50.2 Å². The summed E-state index contributed by atoms with van der Waals surface area (Å²) < 4.78 is 77.4. The molecule has 0 bridgehead atoms. The lowest BCUT2D eigenvalue weighted by molar-refractivity contribution is 0.589. The molecule has 0 spiro atoms. The Hall–Kier alpha value is -4.48. The van der Waals surface area contributed by atoms with Gasteiger partial charge in [-0.15, -0.1) is 0 Å². The summed E-state index contributed by atoms with van der Waals surface area (Å²) >= 11 is 1.65. The molecule has 6 aromatic rings. The number of aryl methyl sites for hydroxylation is 2. The molecule has 0 saturated carbocycles. The van der Waals surface area contributed by atoms with Crippen molar-refractivity contribution in [3.8, 4) is 0 Å². The van der Waals surface area contributed by atoms with Crippen LogP contribution in [0.2, 0.25) is 0 Å². The number of fused-ring (bicyclic) bond motifs is 4. The Morgan fingerprint density at radius 1 is 0.460 bits per heavy atom. The van der Waals surface area contributed by atoms with Gasteiger partial charge in [-0.2, -0.15) is 0 Å². The molecule has 2 aliphatic rings. The van der Waals surface area contributed by atoms with E-state index in [4.69, 9.17) is 0 Å². The highest BCUT2D eigenvalue weighted by Crippen LogP contribution is 2.41. The summed E-state index contributed by atoms with van der Waals surface area (Å²) in [5.74, 6) is 0. The fourth-order valence-corrected chi connectivity index (χ4v) is 11.6. The first-order valence-electron chi connectivity index (χ1n) is 15.8. The van der Waals surface area contributed by atoms with Gasteiger partial charge >= 0.3 is 0 Å². The highest BCUT2D eigenvalue weighted by molar-refractivity contribution is 7.99. The molecule has 0 amide bonds. The molecule has 6 aromatic carbocycles. The maximum atomic E-state index is 13.0. The lowest BCUT2D eigenvalue weighted by Crippen LogP contribution is -2.15. The van der Waals surface area contributed by atoms with Gasteiger partial charge in [0.05, 0.1) is 29.4 Å². The van der Waals surface area contributed by atoms with Crippen molar-refractivity contribution in [1.29, 1.82) is 0 Å². The average molecular weight is 737 g/mol. The van der Waals surface area contributed by atoms with Crippen LogP contribution in [0.5, 0.6) is 0 Å². The predicted octanol–water partition coefficient (Wildman–Crippen LogP) is 8.45. The molecule has 2 aliphatic heterocycles. The van der Waals surface area contributed by atoms with Gasteiger partial charge in [-0.05, 0) is 103 Å². The van der Waals surface area contributed by atoms with E-state index in [2.05, 4.69) is 12.1 Å². The third-order valence-electron chi connectivity index (χ3n) is 8.87. The van der Waals surface area contributed by atoms with Crippen molar-refractivity contribution in [3.63, 3.8) is 0 Å². The third kappa shape index (κ3) is 6.33. The third-order valence-corrected chi connectivity index (χ3v) is 15.6. The molecule has 0 fully saturated rings. The quantitative estimate of drug-likeness (QED) is 0.179. The molecule has 10 heteroatoms. The molecule has 6 nitrogen and oxygen atoms in total. The molecule has 0 unspecified atom stereocenters. The Bertz CT molecular complexity index is 2610. The van der Waals surface area contributed by atoms with E-state index in [1.165, 1.54) is 40.3 Å². The number of hydrogen-bond acceptors (Lipinski definition) is 7. The monoisotopic (exact) mass is 736 g/mol. The Morgan fingerprint density at radius 2 is 0.900 bits per heavy atom. The Kier molecular flexibility index (Phi) is 8.84. The normalized spacial score (nSPS) is 14.2. The van der Waals surface area contributed by atoms with Crippen molar-refractivity contribution in [3.05, 3.63) is 167 Å². The molecule has 0 aliphatic carbocycles. The molecule has 252 valence electrons. The molecule has 0 saturated heterocycles. The Balaban J connectivity index is 0.000000157. The smallest absolute Gasteiger partial charge is 0.207 e. The van der Waals surface area contributed by atoms with E-state index < -0.39 is 29.5 Å². The van der Waals surface area contributed by atoms with Gasteiger partial charge in [0.15, 0.2) is 0 Å². The van der Waals surface area contributed by atoms with Gasteiger partial charge in [0.2, 0.25) is 29.5 Å². The van der Waals surface area contributed by atoms with Crippen LogP contribution in [0.25, 0.3) is 0 Å². The van der Waals surface area contributed by atoms with Crippen LogP contribution in [0.15, 0.2) is 173 Å². The molecule has 0 N–H and O–H groups in total. The fourth-order valence-electron chi connectivity index (χ4n) is 6.06. The second kappa shape index (κ2) is 13.0. The van der Waals surface area contributed by atoms with Crippen LogP contribution in [0.4, 0.5) is 0 Å². The van der Waals surface area contributed by atoms with Crippen molar-refractivity contribution in [2.24, 2.45) is 0 Å². The van der Waals surface area contributed by atoms with Gasteiger partial charge in [0.1, 0.15) is 0 Å². The molecule has 8 rings (SSSR count). The van der Waals surface area contributed by atoms with E-state index in [1.54, 1.807) is 72.4 Å². The van der Waals surface area contributed by atoms with Gasteiger partial charge in [0, 0.05) is 16.2 Å². The van der Waals surface area contributed by atoms with Crippen molar-refractivity contribution in [2.45, 2.75) is 65.9 Å². The zero-order chi connectivity index (χ0) is 35.3. The minimum atomic E-state index is -3.78. The highest BCUT2D eigenvalue weighted by Gasteiger charge is 2.31. The van der Waals surface area contributed by atoms with Crippen LogP contribution in [-0.2, 0) is 42.4 Å². The van der Waals surface area contributed by atoms with Crippen LogP contribution in [0, 0.1) is 13.8 Å². The highest BCUT2D eigenvalue weighted by atomic mass is 32.2. The lowest BCUT2D eigenvalue weighted by Gasteiger charge is -2.20. The van der Waals surface area contributed by atoms with Crippen molar-refractivity contribution in [1.82, 2.24) is 0 Å². The summed E-state index contributed by atoms with van der Waals surface area (Å²) in [5.41, 5.74) is 5.83. The van der Waals surface area contributed by atoms with Crippen LogP contribution >= 0.6 is 11.8 Å². The van der Waals surface area contributed by atoms with E-state index in [9.17, 15) is 25.3 Å². The van der Waals surface area contributed by atoms with Crippen LogP contribution < -0.4 is 0 Å². The molecule has 50 heavy (non-hydrogen) atoms. The van der Waals surface area contributed by atoms with Gasteiger partial charge in [-0.3, -0.25) is 0 Å². The summed E-state index contributed by atoms with van der Waals surface area (Å²) in [5, 5.41) is 0. The second-order valence-electron chi connectivity index (χ2n) is 12.3. The topological polar surface area (TPSA) is 102 Å². The molecule has 0 aromatic heterocycles. The van der Waals surface area contributed by atoms with Crippen molar-refractivity contribution < 1.29 is 25.3 Å². The molecular formula is C40H32O6S4. The zero-order valence-corrected chi connectivity index (χ0v) is 30.5. The van der Waals surface area contributed by atoms with Gasteiger partial charge in [0.25, 0.3) is 0 Å². The minimum absolute atomic E-state index is 0.0111. The van der Waals surface area contributed by atoms with E-state index in [0.717, 1.165) is 28.0 Å². The van der Waals surface area contributed by atoms with E-state index >= 15 is 0 Å². The summed E-state index contributed by atoms with van der Waals surface area (Å²) in [4.78, 5) is 3.39. The van der Waals surface area contributed by atoms with Gasteiger partial charge in [-0.1, -0.05) is 95.7 Å².